The van der Waals surface area contributed by atoms with Crippen molar-refractivity contribution in [3.8, 4) is 11.3 Å². The molecule has 140 valence electrons. The van der Waals surface area contributed by atoms with E-state index in [0.717, 1.165) is 11.1 Å². The van der Waals surface area contributed by atoms with Crippen LogP contribution in [0.25, 0.3) is 11.3 Å². The molecule has 1 N–H and O–H groups in total. The van der Waals surface area contributed by atoms with Crippen LogP contribution in [0.3, 0.4) is 0 Å². The quantitative estimate of drug-likeness (QED) is 0.609. The Labute approximate surface area is 162 Å². The van der Waals surface area contributed by atoms with Crippen molar-refractivity contribution in [3.05, 3.63) is 70.9 Å². The lowest BCUT2D eigenvalue weighted by Gasteiger charge is -2.15. The number of benzene rings is 2. The number of amides is 1. The largest absolute Gasteiger partial charge is 0.441 e. The van der Waals surface area contributed by atoms with Gasteiger partial charge in [0.05, 0.1) is 6.61 Å². The summed E-state index contributed by atoms with van der Waals surface area (Å²) in [7, 11) is 1.54. The van der Waals surface area contributed by atoms with E-state index in [2.05, 4.69) is 10.5 Å². The molecule has 1 aromatic heterocycles. The lowest BCUT2D eigenvalue weighted by atomic mass is 10.1. The lowest BCUT2D eigenvalue weighted by molar-refractivity contribution is 0.121. The van der Waals surface area contributed by atoms with Crippen LogP contribution < -0.4 is 5.32 Å². The zero-order chi connectivity index (χ0) is 19.2. The molecule has 1 atom stereocenters. The van der Waals surface area contributed by atoms with Gasteiger partial charge in [0.25, 0.3) is 0 Å². The van der Waals surface area contributed by atoms with Gasteiger partial charge in [-0.2, -0.15) is 0 Å². The number of rotatable bonds is 6. The summed E-state index contributed by atoms with van der Waals surface area (Å²) in [6.45, 7) is 1.94. The van der Waals surface area contributed by atoms with Crippen LogP contribution in [0.15, 0.2) is 59.1 Å². The zero-order valence-corrected chi connectivity index (χ0v) is 15.7. The van der Waals surface area contributed by atoms with E-state index >= 15 is 0 Å². The Balaban J connectivity index is 1.81. The summed E-state index contributed by atoms with van der Waals surface area (Å²) in [5.41, 5.74) is 2.39. The lowest BCUT2D eigenvalue weighted by Crippen LogP contribution is -2.17. The molecule has 6 nitrogen and oxygen atoms in total. The number of halogens is 1. The van der Waals surface area contributed by atoms with Crippen LogP contribution in [0.4, 0.5) is 10.5 Å². The van der Waals surface area contributed by atoms with Crippen LogP contribution in [0.1, 0.15) is 24.3 Å². The average Bonchev–Trinajstić information content (AvgIpc) is 3.05. The number of methoxy groups -OCH3 is 1. The normalized spacial score (nSPS) is 11.8. The molecule has 0 aliphatic rings. The Morgan fingerprint density at radius 3 is 2.59 bits per heavy atom. The molecule has 27 heavy (non-hydrogen) atoms. The molecule has 0 aliphatic heterocycles. The van der Waals surface area contributed by atoms with E-state index in [1.807, 2.05) is 48.5 Å². The van der Waals surface area contributed by atoms with Crippen molar-refractivity contribution >= 4 is 23.4 Å². The minimum absolute atomic E-state index is 0.187. The first kappa shape index (κ1) is 18.9. The van der Waals surface area contributed by atoms with Gasteiger partial charge in [0.2, 0.25) is 0 Å². The summed E-state index contributed by atoms with van der Waals surface area (Å²) in [5, 5.41) is 7.25. The molecule has 0 spiro atoms. The molecule has 1 amide bonds. The topological polar surface area (TPSA) is 73.6 Å². The highest BCUT2D eigenvalue weighted by Crippen LogP contribution is 2.32. The first-order valence-electron chi connectivity index (χ1n) is 8.35. The summed E-state index contributed by atoms with van der Waals surface area (Å²) >= 11 is 6.16. The zero-order valence-electron chi connectivity index (χ0n) is 14.9. The third-order valence-electron chi connectivity index (χ3n) is 3.93. The predicted octanol–water partition coefficient (Wildman–Crippen LogP) is 5.45. The fourth-order valence-electron chi connectivity index (χ4n) is 2.63. The second-order valence-corrected chi connectivity index (χ2v) is 6.23. The molecule has 0 saturated heterocycles. The number of nitrogens with one attached hydrogen (secondary N) is 1. The third-order valence-corrected chi connectivity index (χ3v) is 4.28. The van der Waals surface area contributed by atoms with Crippen molar-refractivity contribution in [2.75, 3.05) is 12.4 Å². The standard InChI is InChI=1S/C20H19ClN2O4/c1-13(15-10-6-7-11-16(15)21)26-20(24)22-18-17(12-25-2)23-27-19(18)14-8-4-3-5-9-14/h3-11,13H,12H2,1-2H3,(H,22,24). The Morgan fingerprint density at radius 2 is 1.89 bits per heavy atom. The molecule has 0 saturated carbocycles. The number of carbonyl (C=O) groups is 1. The van der Waals surface area contributed by atoms with Crippen LogP contribution in [-0.4, -0.2) is 18.4 Å². The highest BCUT2D eigenvalue weighted by Gasteiger charge is 2.22. The van der Waals surface area contributed by atoms with Gasteiger partial charge in [-0.25, -0.2) is 4.79 Å². The van der Waals surface area contributed by atoms with Gasteiger partial charge < -0.3 is 14.0 Å². The van der Waals surface area contributed by atoms with Crippen molar-refractivity contribution in [3.63, 3.8) is 0 Å². The Kier molecular flexibility index (Phi) is 6.11. The number of anilines is 1. The minimum atomic E-state index is -0.639. The van der Waals surface area contributed by atoms with Gasteiger partial charge >= 0.3 is 6.09 Å². The maximum Gasteiger partial charge on any atom is 0.412 e. The van der Waals surface area contributed by atoms with E-state index < -0.39 is 12.2 Å². The van der Waals surface area contributed by atoms with Gasteiger partial charge in [-0.15, -0.1) is 0 Å². The molecule has 3 aromatic rings. The van der Waals surface area contributed by atoms with Crippen LogP contribution in [0.5, 0.6) is 0 Å². The van der Waals surface area contributed by atoms with Crippen molar-refractivity contribution in [1.29, 1.82) is 0 Å². The molecule has 0 bridgehead atoms. The van der Waals surface area contributed by atoms with Gasteiger partial charge in [-0.1, -0.05) is 65.3 Å². The van der Waals surface area contributed by atoms with Crippen LogP contribution in [0.2, 0.25) is 5.02 Å². The second kappa shape index (κ2) is 8.70. The average molecular weight is 387 g/mol. The number of hydrogen-bond donors (Lipinski definition) is 1. The van der Waals surface area contributed by atoms with Crippen molar-refractivity contribution in [2.45, 2.75) is 19.6 Å². The van der Waals surface area contributed by atoms with Crippen molar-refractivity contribution < 1.29 is 18.8 Å². The van der Waals surface area contributed by atoms with Gasteiger partial charge in [0, 0.05) is 23.3 Å². The molecule has 1 unspecified atom stereocenters. The van der Waals surface area contributed by atoms with Gasteiger partial charge in [-0.3, -0.25) is 5.32 Å². The van der Waals surface area contributed by atoms with E-state index in [4.69, 9.17) is 25.6 Å². The molecular weight excluding hydrogens is 368 g/mol. The van der Waals surface area contributed by atoms with E-state index in [0.29, 0.717) is 22.2 Å². The Morgan fingerprint density at radius 1 is 1.19 bits per heavy atom. The summed E-state index contributed by atoms with van der Waals surface area (Å²) in [4.78, 5) is 12.5. The first-order chi connectivity index (χ1) is 13.1. The molecule has 2 aromatic carbocycles. The second-order valence-electron chi connectivity index (χ2n) is 5.83. The molecular formula is C20H19ClN2O4. The van der Waals surface area contributed by atoms with Gasteiger partial charge in [0.15, 0.2) is 5.76 Å². The van der Waals surface area contributed by atoms with E-state index in [1.165, 1.54) is 0 Å². The summed E-state index contributed by atoms with van der Waals surface area (Å²) in [6, 6.07) is 16.6. The molecule has 1 heterocycles. The van der Waals surface area contributed by atoms with Gasteiger partial charge in [-0.05, 0) is 13.0 Å². The van der Waals surface area contributed by atoms with Gasteiger partial charge in [0.1, 0.15) is 17.5 Å². The fourth-order valence-corrected chi connectivity index (χ4v) is 2.92. The molecule has 7 heteroatoms. The summed E-state index contributed by atoms with van der Waals surface area (Å²) in [5.74, 6) is 0.435. The van der Waals surface area contributed by atoms with E-state index in [-0.39, 0.29) is 6.61 Å². The number of nitrogens with zero attached hydrogens (tertiary/aromatic N) is 1. The van der Waals surface area contributed by atoms with Crippen LogP contribution in [-0.2, 0) is 16.1 Å². The number of hydrogen-bond acceptors (Lipinski definition) is 5. The maximum atomic E-state index is 12.5. The number of carbonyl (C=O) groups excluding carboxylic acids is 1. The predicted molar refractivity (Wildman–Crippen MR) is 103 cm³/mol. The SMILES string of the molecule is COCc1noc(-c2ccccc2)c1NC(=O)OC(C)c1ccccc1Cl. The smallest absolute Gasteiger partial charge is 0.412 e. The summed E-state index contributed by atoms with van der Waals surface area (Å²) < 4.78 is 16.0. The van der Waals surface area contributed by atoms with Crippen LogP contribution >= 0.6 is 11.6 Å². The summed E-state index contributed by atoms with van der Waals surface area (Å²) in [6.07, 6.45) is -1.16. The Bertz CT molecular complexity index is 911. The maximum absolute atomic E-state index is 12.5. The molecule has 3 rings (SSSR count). The molecule has 0 aliphatic carbocycles. The third kappa shape index (κ3) is 4.48. The van der Waals surface area contributed by atoms with Crippen molar-refractivity contribution in [1.82, 2.24) is 5.16 Å². The highest BCUT2D eigenvalue weighted by molar-refractivity contribution is 6.31. The van der Waals surface area contributed by atoms with E-state index in [1.54, 1.807) is 20.1 Å². The fraction of sp³-hybridized carbons (Fsp3) is 0.200. The Hall–Kier alpha value is -2.83. The number of ether oxygens (including phenoxy) is 2. The van der Waals surface area contributed by atoms with E-state index in [9.17, 15) is 4.79 Å². The minimum Gasteiger partial charge on any atom is -0.441 e. The van der Waals surface area contributed by atoms with Crippen molar-refractivity contribution in [2.24, 2.45) is 0 Å². The first-order valence-corrected chi connectivity index (χ1v) is 8.73. The number of aromatic nitrogens is 1. The monoisotopic (exact) mass is 386 g/mol. The molecule has 0 radical (unpaired) electrons. The highest BCUT2D eigenvalue weighted by atomic mass is 35.5. The molecule has 0 fully saturated rings. The van der Waals surface area contributed by atoms with Crippen LogP contribution in [0, 0.1) is 0 Å².